The maximum Gasteiger partial charge on any atom is 0.411 e. The van der Waals surface area contributed by atoms with Crippen LogP contribution in [0.15, 0.2) is 24.3 Å². The molecule has 0 aromatic heterocycles. The third-order valence-electron chi connectivity index (χ3n) is 2.32. The normalized spacial score (nSPS) is 9.62. The molecule has 0 saturated heterocycles. The van der Waals surface area contributed by atoms with Crippen LogP contribution in [0.2, 0.25) is 0 Å². The molecule has 1 rings (SSSR count). The number of nitrogens with one attached hydrogen (secondary N) is 3. The SMILES string of the molecule is CCOC(=O)Nc1ccc(NC(=O)CNC(=O)CN)cc1. The number of carbonyl (C=O) groups is 3. The van der Waals surface area contributed by atoms with Gasteiger partial charge in [-0.3, -0.25) is 14.9 Å². The summed E-state index contributed by atoms with van der Waals surface area (Å²) in [4.78, 5) is 33.6. The fraction of sp³-hybridized carbons (Fsp3) is 0.308. The van der Waals surface area contributed by atoms with E-state index in [-0.39, 0.29) is 25.6 Å². The molecule has 114 valence electrons. The highest BCUT2D eigenvalue weighted by atomic mass is 16.5. The Morgan fingerprint density at radius 3 is 2.14 bits per heavy atom. The van der Waals surface area contributed by atoms with Crippen molar-refractivity contribution in [2.45, 2.75) is 6.92 Å². The van der Waals surface area contributed by atoms with E-state index in [2.05, 4.69) is 16.0 Å². The average molecular weight is 294 g/mol. The van der Waals surface area contributed by atoms with Gasteiger partial charge in [0.25, 0.3) is 0 Å². The van der Waals surface area contributed by atoms with Crippen molar-refractivity contribution in [3.05, 3.63) is 24.3 Å². The summed E-state index contributed by atoms with van der Waals surface area (Å²) in [6.45, 7) is 1.68. The molecule has 8 nitrogen and oxygen atoms in total. The van der Waals surface area contributed by atoms with Crippen molar-refractivity contribution < 1.29 is 19.1 Å². The van der Waals surface area contributed by atoms with E-state index >= 15 is 0 Å². The largest absolute Gasteiger partial charge is 0.450 e. The number of anilines is 2. The Morgan fingerprint density at radius 1 is 1.05 bits per heavy atom. The van der Waals surface area contributed by atoms with E-state index in [1.54, 1.807) is 31.2 Å². The van der Waals surface area contributed by atoms with Crippen LogP contribution in [0.4, 0.5) is 16.2 Å². The summed E-state index contributed by atoms with van der Waals surface area (Å²) in [5.74, 6) is -0.776. The smallest absolute Gasteiger partial charge is 0.411 e. The minimum atomic E-state index is -0.543. The van der Waals surface area contributed by atoms with E-state index in [1.165, 1.54) is 0 Å². The third-order valence-corrected chi connectivity index (χ3v) is 2.32. The van der Waals surface area contributed by atoms with E-state index in [1.807, 2.05) is 0 Å². The third kappa shape index (κ3) is 6.39. The first-order chi connectivity index (χ1) is 10.0. The number of nitrogens with two attached hydrogens (primary N) is 1. The topological polar surface area (TPSA) is 123 Å². The van der Waals surface area contributed by atoms with Crippen molar-refractivity contribution in [2.24, 2.45) is 5.73 Å². The van der Waals surface area contributed by atoms with E-state index in [4.69, 9.17) is 10.5 Å². The molecule has 0 radical (unpaired) electrons. The molecule has 0 aliphatic carbocycles. The summed E-state index contributed by atoms with van der Waals surface area (Å²) in [6.07, 6.45) is -0.543. The minimum Gasteiger partial charge on any atom is -0.450 e. The molecule has 0 saturated carbocycles. The second-order valence-corrected chi connectivity index (χ2v) is 3.95. The summed E-state index contributed by atoms with van der Waals surface area (Å²) in [7, 11) is 0. The van der Waals surface area contributed by atoms with Gasteiger partial charge in [-0.2, -0.15) is 0 Å². The standard InChI is InChI=1S/C13H18N4O4/c1-2-21-13(20)17-10-5-3-9(4-6-10)16-12(19)8-15-11(18)7-14/h3-6H,2,7-8,14H2,1H3,(H,15,18)(H,16,19)(H,17,20). The van der Waals surface area contributed by atoms with Crippen molar-refractivity contribution in [1.82, 2.24) is 5.32 Å². The number of benzene rings is 1. The van der Waals surface area contributed by atoms with Crippen molar-refractivity contribution >= 4 is 29.3 Å². The lowest BCUT2D eigenvalue weighted by Gasteiger charge is -2.08. The van der Waals surface area contributed by atoms with Crippen LogP contribution >= 0.6 is 0 Å². The molecular formula is C13H18N4O4. The van der Waals surface area contributed by atoms with Gasteiger partial charge in [-0.1, -0.05) is 0 Å². The highest BCUT2D eigenvalue weighted by Gasteiger charge is 2.05. The van der Waals surface area contributed by atoms with Crippen LogP contribution in [0.3, 0.4) is 0 Å². The van der Waals surface area contributed by atoms with Gasteiger partial charge < -0.3 is 21.1 Å². The fourth-order valence-corrected chi connectivity index (χ4v) is 1.38. The van der Waals surface area contributed by atoms with Gasteiger partial charge in [0.1, 0.15) is 0 Å². The second-order valence-electron chi connectivity index (χ2n) is 3.95. The Balaban J connectivity index is 2.45. The summed E-state index contributed by atoms with van der Waals surface area (Å²) >= 11 is 0. The lowest BCUT2D eigenvalue weighted by Crippen LogP contribution is -2.36. The molecule has 1 aromatic carbocycles. The predicted octanol–water partition coefficient (Wildman–Crippen LogP) is 0.268. The Bertz CT molecular complexity index is 501. The molecule has 0 unspecified atom stereocenters. The van der Waals surface area contributed by atoms with Gasteiger partial charge in [0.05, 0.1) is 19.7 Å². The molecule has 0 aliphatic rings. The molecule has 3 amide bonds. The zero-order valence-electron chi connectivity index (χ0n) is 11.6. The van der Waals surface area contributed by atoms with E-state index in [9.17, 15) is 14.4 Å². The van der Waals surface area contributed by atoms with Gasteiger partial charge in [0, 0.05) is 11.4 Å². The summed E-state index contributed by atoms with van der Waals surface area (Å²) in [5.41, 5.74) is 6.18. The number of amides is 3. The molecule has 0 aliphatic heterocycles. The van der Waals surface area contributed by atoms with Crippen molar-refractivity contribution in [1.29, 1.82) is 0 Å². The van der Waals surface area contributed by atoms with Crippen LogP contribution in [0.1, 0.15) is 6.92 Å². The average Bonchev–Trinajstić information content (AvgIpc) is 2.47. The number of rotatable bonds is 6. The van der Waals surface area contributed by atoms with Gasteiger partial charge in [-0.15, -0.1) is 0 Å². The highest BCUT2D eigenvalue weighted by Crippen LogP contribution is 2.13. The number of hydrogen-bond donors (Lipinski definition) is 4. The van der Waals surface area contributed by atoms with Gasteiger partial charge in [0.2, 0.25) is 11.8 Å². The molecule has 0 heterocycles. The van der Waals surface area contributed by atoms with E-state index < -0.39 is 12.0 Å². The van der Waals surface area contributed by atoms with Crippen LogP contribution in [-0.2, 0) is 14.3 Å². The quantitative estimate of drug-likeness (QED) is 0.599. The molecular weight excluding hydrogens is 276 g/mol. The van der Waals surface area contributed by atoms with Crippen LogP contribution < -0.4 is 21.7 Å². The molecule has 0 atom stereocenters. The maximum absolute atomic E-state index is 11.5. The molecule has 5 N–H and O–H groups in total. The van der Waals surface area contributed by atoms with E-state index in [0.29, 0.717) is 11.4 Å². The summed E-state index contributed by atoms with van der Waals surface area (Å²) < 4.78 is 4.74. The summed E-state index contributed by atoms with van der Waals surface area (Å²) in [6, 6.07) is 6.46. The maximum atomic E-state index is 11.5. The first-order valence-electron chi connectivity index (χ1n) is 6.35. The molecule has 0 spiro atoms. The zero-order valence-corrected chi connectivity index (χ0v) is 11.6. The number of hydrogen-bond acceptors (Lipinski definition) is 5. The Hall–Kier alpha value is -2.61. The molecule has 8 heteroatoms. The van der Waals surface area contributed by atoms with Gasteiger partial charge >= 0.3 is 6.09 Å². The Labute approximate surface area is 122 Å². The van der Waals surface area contributed by atoms with Crippen molar-refractivity contribution in [2.75, 3.05) is 30.3 Å². The van der Waals surface area contributed by atoms with Gasteiger partial charge in [-0.25, -0.2) is 4.79 Å². The van der Waals surface area contributed by atoms with Crippen molar-refractivity contribution in [3.63, 3.8) is 0 Å². The molecule has 0 fully saturated rings. The first-order valence-corrected chi connectivity index (χ1v) is 6.35. The fourth-order valence-electron chi connectivity index (χ4n) is 1.38. The zero-order chi connectivity index (χ0) is 15.7. The number of carbonyl (C=O) groups excluding carboxylic acids is 3. The van der Waals surface area contributed by atoms with Gasteiger partial charge in [0.15, 0.2) is 0 Å². The highest BCUT2D eigenvalue weighted by molar-refractivity contribution is 5.95. The van der Waals surface area contributed by atoms with E-state index in [0.717, 1.165) is 0 Å². The van der Waals surface area contributed by atoms with Crippen LogP contribution in [0, 0.1) is 0 Å². The monoisotopic (exact) mass is 294 g/mol. The lowest BCUT2D eigenvalue weighted by molar-refractivity contribution is -0.123. The minimum absolute atomic E-state index is 0.154. The molecule has 0 bridgehead atoms. The van der Waals surface area contributed by atoms with Crippen LogP contribution in [0.25, 0.3) is 0 Å². The Morgan fingerprint density at radius 2 is 1.62 bits per heavy atom. The number of ether oxygens (including phenoxy) is 1. The van der Waals surface area contributed by atoms with Crippen LogP contribution in [-0.4, -0.2) is 37.6 Å². The first kappa shape index (κ1) is 16.4. The molecule has 1 aromatic rings. The summed E-state index contributed by atoms with van der Waals surface area (Å²) in [5, 5.41) is 7.47. The van der Waals surface area contributed by atoms with Crippen molar-refractivity contribution in [3.8, 4) is 0 Å². The second kappa shape index (κ2) is 8.54. The predicted molar refractivity (Wildman–Crippen MR) is 77.8 cm³/mol. The Kier molecular flexibility index (Phi) is 6.69. The van der Waals surface area contributed by atoms with Crippen LogP contribution in [0.5, 0.6) is 0 Å². The van der Waals surface area contributed by atoms with Gasteiger partial charge in [-0.05, 0) is 31.2 Å². The molecule has 21 heavy (non-hydrogen) atoms. The lowest BCUT2D eigenvalue weighted by atomic mass is 10.3.